The summed E-state index contributed by atoms with van der Waals surface area (Å²) >= 11 is 0. The first-order valence-corrected chi connectivity index (χ1v) is 5.32. The fraction of sp³-hybridized carbons (Fsp3) is 0.909. The lowest BCUT2D eigenvalue weighted by Crippen LogP contribution is -2.26. The van der Waals surface area contributed by atoms with Crippen LogP contribution in [0.2, 0.25) is 0 Å². The zero-order valence-electron chi connectivity index (χ0n) is 9.84. The maximum Gasteiger partial charge on any atom is 0.309 e. The van der Waals surface area contributed by atoms with Crippen molar-refractivity contribution < 1.29 is 9.90 Å². The van der Waals surface area contributed by atoms with Crippen LogP contribution in [-0.4, -0.2) is 36.1 Å². The minimum absolute atomic E-state index is 0.576. The fourth-order valence-electron chi connectivity index (χ4n) is 1.39. The molecular formula is C11H23NO2. The third-order valence-electron chi connectivity index (χ3n) is 2.53. The average Bonchev–Trinajstić information content (AvgIpc) is 2.04. The van der Waals surface area contributed by atoms with E-state index in [2.05, 4.69) is 18.9 Å². The summed E-state index contributed by atoms with van der Waals surface area (Å²) in [7, 11) is 2.08. The van der Waals surface area contributed by atoms with Crippen LogP contribution in [0, 0.1) is 5.41 Å². The van der Waals surface area contributed by atoms with Crippen molar-refractivity contribution in [2.24, 2.45) is 5.41 Å². The van der Waals surface area contributed by atoms with Crippen LogP contribution in [0.5, 0.6) is 0 Å². The third-order valence-corrected chi connectivity index (χ3v) is 2.53. The van der Waals surface area contributed by atoms with Gasteiger partial charge in [-0.3, -0.25) is 4.79 Å². The molecule has 0 aromatic heterocycles. The standard InChI is InChI=1S/C11H23NO2/c1-5-8-12(4)9-6-7-11(2,3)10(13)14/h5-9H2,1-4H3,(H,13,14). The molecule has 0 bridgehead atoms. The molecule has 0 aliphatic rings. The van der Waals surface area contributed by atoms with Gasteiger partial charge in [0.2, 0.25) is 0 Å². The van der Waals surface area contributed by atoms with Gasteiger partial charge < -0.3 is 10.0 Å². The first-order valence-electron chi connectivity index (χ1n) is 5.32. The van der Waals surface area contributed by atoms with Gasteiger partial charge in [0, 0.05) is 0 Å². The van der Waals surface area contributed by atoms with Crippen LogP contribution >= 0.6 is 0 Å². The monoisotopic (exact) mass is 201 g/mol. The van der Waals surface area contributed by atoms with E-state index < -0.39 is 11.4 Å². The van der Waals surface area contributed by atoms with Crippen LogP contribution in [-0.2, 0) is 4.79 Å². The van der Waals surface area contributed by atoms with Crippen LogP contribution < -0.4 is 0 Å². The van der Waals surface area contributed by atoms with Crippen molar-refractivity contribution >= 4 is 5.97 Å². The van der Waals surface area contributed by atoms with E-state index in [0.29, 0.717) is 0 Å². The molecule has 0 amide bonds. The molecule has 0 spiro atoms. The zero-order chi connectivity index (χ0) is 11.2. The first kappa shape index (κ1) is 13.4. The van der Waals surface area contributed by atoms with Crippen molar-refractivity contribution in [3.05, 3.63) is 0 Å². The van der Waals surface area contributed by atoms with Gasteiger partial charge in [-0.2, -0.15) is 0 Å². The summed E-state index contributed by atoms with van der Waals surface area (Å²) in [6, 6.07) is 0. The first-order chi connectivity index (χ1) is 6.40. The molecule has 0 fully saturated rings. The SMILES string of the molecule is CCCN(C)CCCC(C)(C)C(=O)O. The summed E-state index contributed by atoms with van der Waals surface area (Å²) in [5.41, 5.74) is -0.576. The van der Waals surface area contributed by atoms with Crippen molar-refractivity contribution in [1.29, 1.82) is 0 Å². The number of nitrogens with zero attached hydrogens (tertiary/aromatic N) is 1. The van der Waals surface area contributed by atoms with Crippen molar-refractivity contribution in [2.45, 2.75) is 40.0 Å². The van der Waals surface area contributed by atoms with Crippen LogP contribution in [0.3, 0.4) is 0 Å². The minimum Gasteiger partial charge on any atom is -0.481 e. The highest BCUT2D eigenvalue weighted by Crippen LogP contribution is 2.22. The second-order valence-corrected chi connectivity index (χ2v) is 4.60. The van der Waals surface area contributed by atoms with E-state index in [1.807, 2.05) is 0 Å². The van der Waals surface area contributed by atoms with E-state index in [1.54, 1.807) is 13.8 Å². The van der Waals surface area contributed by atoms with E-state index >= 15 is 0 Å². The molecule has 0 rings (SSSR count). The Morgan fingerprint density at radius 3 is 2.36 bits per heavy atom. The Morgan fingerprint density at radius 1 is 1.36 bits per heavy atom. The lowest BCUT2D eigenvalue weighted by molar-refractivity contribution is -0.147. The van der Waals surface area contributed by atoms with Crippen molar-refractivity contribution in [3.63, 3.8) is 0 Å². The lowest BCUT2D eigenvalue weighted by Gasteiger charge is -2.21. The molecule has 0 radical (unpaired) electrons. The highest BCUT2D eigenvalue weighted by molar-refractivity contribution is 5.73. The number of carboxylic acids is 1. The number of hydrogen-bond acceptors (Lipinski definition) is 2. The Bertz CT molecular complexity index is 178. The normalized spacial score (nSPS) is 12.1. The van der Waals surface area contributed by atoms with Crippen LogP contribution in [0.1, 0.15) is 40.0 Å². The molecule has 3 heteroatoms. The molecule has 84 valence electrons. The summed E-state index contributed by atoms with van der Waals surface area (Å²) in [6.07, 6.45) is 2.85. The summed E-state index contributed by atoms with van der Waals surface area (Å²) in [5, 5.41) is 8.90. The fourth-order valence-corrected chi connectivity index (χ4v) is 1.39. The highest BCUT2D eigenvalue weighted by Gasteiger charge is 2.26. The molecule has 0 aromatic rings. The third kappa shape index (κ3) is 5.22. The van der Waals surface area contributed by atoms with Gasteiger partial charge >= 0.3 is 5.97 Å². The van der Waals surface area contributed by atoms with Crippen molar-refractivity contribution in [2.75, 3.05) is 20.1 Å². The summed E-state index contributed by atoms with van der Waals surface area (Å²) in [5.74, 6) is -0.698. The molecular weight excluding hydrogens is 178 g/mol. The highest BCUT2D eigenvalue weighted by atomic mass is 16.4. The molecule has 0 aliphatic carbocycles. The minimum atomic E-state index is -0.698. The molecule has 3 nitrogen and oxygen atoms in total. The van der Waals surface area contributed by atoms with E-state index in [1.165, 1.54) is 0 Å². The number of hydrogen-bond donors (Lipinski definition) is 1. The maximum atomic E-state index is 10.8. The van der Waals surface area contributed by atoms with E-state index in [9.17, 15) is 4.79 Å². The van der Waals surface area contributed by atoms with Crippen molar-refractivity contribution in [3.8, 4) is 0 Å². The Balaban J connectivity index is 3.68. The maximum absolute atomic E-state index is 10.8. The summed E-state index contributed by atoms with van der Waals surface area (Å²) in [4.78, 5) is 13.1. The molecule has 1 N–H and O–H groups in total. The summed E-state index contributed by atoms with van der Waals surface area (Å²) in [6.45, 7) is 7.81. The molecule has 0 saturated carbocycles. The molecule has 0 atom stereocenters. The van der Waals surface area contributed by atoms with Gasteiger partial charge in [0.05, 0.1) is 5.41 Å². The molecule has 0 heterocycles. The molecule has 0 aromatic carbocycles. The van der Waals surface area contributed by atoms with E-state index in [0.717, 1.165) is 32.4 Å². The van der Waals surface area contributed by atoms with Gasteiger partial charge in [-0.25, -0.2) is 0 Å². The topological polar surface area (TPSA) is 40.5 Å². The molecule has 14 heavy (non-hydrogen) atoms. The number of aliphatic carboxylic acids is 1. The predicted octanol–water partition coefficient (Wildman–Crippen LogP) is 2.22. The Kier molecular flexibility index (Phi) is 5.77. The van der Waals surface area contributed by atoms with Gasteiger partial charge in [-0.15, -0.1) is 0 Å². The van der Waals surface area contributed by atoms with Gasteiger partial charge in [0.15, 0.2) is 0 Å². The predicted molar refractivity (Wildman–Crippen MR) is 58.4 cm³/mol. The second-order valence-electron chi connectivity index (χ2n) is 4.60. The van der Waals surface area contributed by atoms with Crippen LogP contribution in [0.4, 0.5) is 0 Å². The molecule has 0 aliphatic heterocycles. The number of carboxylic acid groups (broad SMARTS) is 1. The lowest BCUT2D eigenvalue weighted by atomic mass is 9.88. The van der Waals surface area contributed by atoms with Gasteiger partial charge in [-0.1, -0.05) is 6.92 Å². The number of carbonyl (C=O) groups is 1. The van der Waals surface area contributed by atoms with Crippen molar-refractivity contribution in [1.82, 2.24) is 4.90 Å². The van der Waals surface area contributed by atoms with E-state index in [4.69, 9.17) is 5.11 Å². The van der Waals surface area contributed by atoms with Gasteiger partial charge in [-0.05, 0) is 53.2 Å². The second kappa shape index (κ2) is 6.02. The van der Waals surface area contributed by atoms with Gasteiger partial charge in [0.1, 0.15) is 0 Å². The molecule has 0 saturated heterocycles. The molecule has 0 unspecified atom stereocenters. The average molecular weight is 201 g/mol. The Morgan fingerprint density at radius 2 is 1.93 bits per heavy atom. The Labute approximate surface area is 87.1 Å². The van der Waals surface area contributed by atoms with Crippen LogP contribution in [0.15, 0.2) is 0 Å². The largest absolute Gasteiger partial charge is 0.481 e. The van der Waals surface area contributed by atoms with E-state index in [-0.39, 0.29) is 0 Å². The number of rotatable bonds is 7. The quantitative estimate of drug-likeness (QED) is 0.686. The Hall–Kier alpha value is -0.570. The smallest absolute Gasteiger partial charge is 0.309 e. The zero-order valence-corrected chi connectivity index (χ0v) is 9.84. The van der Waals surface area contributed by atoms with Gasteiger partial charge in [0.25, 0.3) is 0 Å². The summed E-state index contributed by atoms with van der Waals surface area (Å²) < 4.78 is 0. The van der Waals surface area contributed by atoms with Crippen LogP contribution in [0.25, 0.3) is 0 Å².